The Morgan fingerprint density at radius 1 is 1.57 bits per heavy atom. The fraction of sp³-hybridized carbons (Fsp3) is 0.889. The number of carboxylic acid groups (broad SMARTS) is 1. The molecule has 4 nitrogen and oxygen atoms in total. The molecule has 0 spiro atoms. The third-order valence-corrected chi connectivity index (χ3v) is 3.91. The third-order valence-electron chi connectivity index (χ3n) is 2.53. The Morgan fingerprint density at radius 2 is 2.14 bits per heavy atom. The zero-order valence-corrected chi connectivity index (χ0v) is 9.18. The minimum Gasteiger partial charge on any atom is -0.480 e. The van der Waals surface area contributed by atoms with Gasteiger partial charge in [-0.15, -0.1) is 0 Å². The molecule has 1 atom stereocenters. The van der Waals surface area contributed by atoms with Crippen LogP contribution in [-0.4, -0.2) is 38.9 Å². The molecule has 0 aromatic carbocycles. The van der Waals surface area contributed by atoms with Crippen LogP contribution in [0.25, 0.3) is 0 Å². The van der Waals surface area contributed by atoms with Crippen LogP contribution in [0.15, 0.2) is 0 Å². The Morgan fingerprint density at radius 3 is 2.57 bits per heavy atom. The first kappa shape index (κ1) is 11.7. The summed E-state index contributed by atoms with van der Waals surface area (Å²) in [5, 5.41) is 11.9. The van der Waals surface area contributed by atoms with Gasteiger partial charge in [-0.1, -0.05) is 6.92 Å². The summed E-state index contributed by atoms with van der Waals surface area (Å²) >= 11 is 0. The molecule has 0 amide bonds. The van der Waals surface area contributed by atoms with Gasteiger partial charge in [0.05, 0.1) is 0 Å². The Kier molecular flexibility index (Phi) is 4.54. The first-order valence-corrected chi connectivity index (χ1v) is 6.46. The second-order valence-electron chi connectivity index (χ2n) is 3.59. The Labute approximate surface area is 86.5 Å². The highest BCUT2D eigenvalue weighted by molar-refractivity contribution is 7.85. The normalized spacial score (nSPS) is 29.8. The van der Waals surface area contributed by atoms with Crippen molar-refractivity contribution < 1.29 is 14.1 Å². The lowest BCUT2D eigenvalue weighted by atomic mass is 10.1. The average molecular weight is 219 g/mol. The van der Waals surface area contributed by atoms with Crippen molar-refractivity contribution in [2.24, 2.45) is 0 Å². The summed E-state index contributed by atoms with van der Waals surface area (Å²) in [7, 11) is -0.676. The van der Waals surface area contributed by atoms with Crippen molar-refractivity contribution in [1.82, 2.24) is 5.32 Å². The maximum Gasteiger partial charge on any atom is 0.320 e. The molecule has 2 N–H and O–H groups in total. The molecule has 1 aliphatic rings. The Balaban J connectivity index is 2.36. The highest BCUT2D eigenvalue weighted by atomic mass is 32.2. The van der Waals surface area contributed by atoms with E-state index in [9.17, 15) is 9.00 Å². The fourth-order valence-corrected chi connectivity index (χ4v) is 2.91. The summed E-state index contributed by atoms with van der Waals surface area (Å²) in [5.74, 6) is 0.612. The number of nitrogens with one attached hydrogen (secondary N) is 1. The number of rotatable bonds is 4. The van der Waals surface area contributed by atoms with Gasteiger partial charge in [0.2, 0.25) is 0 Å². The van der Waals surface area contributed by atoms with Gasteiger partial charge in [-0.25, -0.2) is 0 Å². The number of hydrogen-bond donors (Lipinski definition) is 2. The van der Waals surface area contributed by atoms with Crippen LogP contribution in [0.5, 0.6) is 0 Å². The molecule has 1 rings (SSSR count). The van der Waals surface area contributed by atoms with Gasteiger partial charge >= 0.3 is 5.97 Å². The van der Waals surface area contributed by atoms with E-state index in [1.807, 2.05) is 6.92 Å². The van der Waals surface area contributed by atoms with E-state index >= 15 is 0 Å². The topological polar surface area (TPSA) is 66.4 Å². The zero-order valence-electron chi connectivity index (χ0n) is 8.36. The summed E-state index contributed by atoms with van der Waals surface area (Å²) in [6.07, 6.45) is 2.25. The van der Waals surface area contributed by atoms with Crippen LogP contribution < -0.4 is 5.32 Å². The molecule has 0 saturated carbocycles. The van der Waals surface area contributed by atoms with E-state index in [0.29, 0.717) is 17.9 Å². The molecule has 5 heteroatoms. The minimum atomic E-state index is -0.792. The van der Waals surface area contributed by atoms with E-state index in [-0.39, 0.29) is 6.04 Å². The van der Waals surface area contributed by atoms with Crippen LogP contribution in [0, 0.1) is 0 Å². The lowest BCUT2D eigenvalue weighted by Gasteiger charge is -2.25. The molecule has 14 heavy (non-hydrogen) atoms. The predicted octanol–water partition coefficient (Wildman–Crippen LogP) is 0.350. The molecule has 0 radical (unpaired) electrons. The van der Waals surface area contributed by atoms with Gasteiger partial charge in [-0.05, 0) is 19.3 Å². The van der Waals surface area contributed by atoms with Crippen molar-refractivity contribution >= 4 is 16.8 Å². The highest BCUT2D eigenvalue weighted by Crippen LogP contribution is 2.10. The number of carboxylic acids is 1. The quantitative estimate of drug-likeness (QED) is 0.716. The maximum atomic E-state index is 11.1. The molecule has 82 valence electrons. The van der Waals surface area contributed by atoms with Crippen LogP contribution in [0.2, 0.25) is 0 Å². The predicted molar refractivity (Wildman–Crippen MR) is 55.7 cm³/mol. The smallest absolute Gasteiger partial charge is 0.320 e. The number of aliphatic carboxylic acids is 1. The van der Waals surface area contributed by atoms with Gasteiger partial charge in [0.1, 0.15) is 6.04 Å². The molecular weight excluding hydrogens is 202 g/mol. The van der Waals surface area contributed by atoms with Crippen LogP contribution in [-0.2, 0) is 15.6 Å². The van der Waals surface area contributed by atoms with Gasteiger partial charge < -0.3 is 10.4 Å². The molecule has 1 heterocycles. The Hall–Kier alpha value is -0.420. The highest BCUT2D eigenvalue weighted by Gasteiger charge is 2.23. The third kappa shape index (κ3) is 3.38. The standard InChI is InChI=1S/C9H17NO3S/c1-2-8(9(11)12)10-7-3-5-14(13)6-4-7/h7-8,10H,2-6H2,1H3,(H,11,12). The number of carbonyl (C=O) groups is 1. The van der Waals surface area contributed by atoms with Gasteiger partial charge in [-0.3, -0.25) is 9.00 Å². The van der Waals surface area contributed by atoms with Crippen molar-refractivity contribution in [2.45, 2.75) is 38.3 Å². The summed E-state index contributed by atoms with van der Waals surface area (Å²) in [6.45, 7) is 1.85. The first-order chi connectivity index (χ1) is 6.63. The first-order valence-electron chi connectivity index (χ1n) is 4.97. The second kappa shape index (κ2) is 5.46. The van der Waals surface area contributed by atoms with E-state index < -0.39 is 22.8 Å². The molecular formula is C9H17NO3S. The average Bonchev–Trinajstić information content (AvgIpc) is 2.16. The summed E-state index contributed by atoms with van der Waals surface area (Å²) in [5.41, 5.74) is 0. The van der Waals surface area contributed by atoms with Gasteiger partial charge in [0.15, 0.2) is 0 Å². The van der Waals surface area contributed by atoms with E-state index in [4.69, 9.17) is 5.11 Å². The lowest BCUT2D eigenvalue weighted by Crippen LogP contribution is -2.45. The van der Waals surface area contributed by atoms with Crippen LogP contribution in [0.4, 0.5) is 0 Å². The maximum absolute atomic E-state index is 11.1. The minimum absolute atomic E-state index is 0.230. The van der Waals surface area contributed by atoms with E-state index in [0.717, 1.165) is 12.8 Å². The van der Waals surface area contributed by atoms with Crippen molar-refractivity contribution in [2.75, 3.05) is 11.5 Å². The van der Waals surface area contributed by atoms with Gasteiger partial charge in [0, 0.05) is 28.3 Å². The van der Waals surface area contributed by atoms with E-state index in [1.165, 1.54) is 0 Å². The molecule has 1 aliphatic heterocycles. The van der Waals surface area contributed by atoms with Gasteiger partial charge in [0.25, 0.3) is 0 Å². The SMILES string of the molecule is CCC(NC1CCS(=O)CC1)C(=O)O. The molecule has 0 aromatic rings. The second-order valence-corrected chi connectivity index (χ2v) is 5.28. The zero-order chi connectivity index (χ0) is 10.6. The molecule has 0 bridgehead atoms. The monoisotopic (exact) mass is 219 g/mol. The molecule has 0 aromatic heterocycles. The van der Waals surface area contributed by atoms with E-state index in [1.54, 1.807) is 0 Å². The van der Waals surface area contributed by atoms with Crippen molar-refractivity contribution in [1.29, 1.82) is 0 Å². The van der Waals surface area contributed by atoms with Crippen molar-refractivity contribution in [3.63, 3.8) is 0 Å². The molecule has 1 fully saturated rings. The van der Waals surface area contributed by atoms with Crippen LogP contribution >= 0.6 is 0 Å². The Bertz CT molecular complexity index is 222. The molecule has 1 saturated heterocycles. The fourth-order valence-electron chi connectivity index (χ4n) is 1.61. The van der Waals surface area contributed by atoms with E-state index in [2.05, 4.69) is 5.32 Å². The lowest BCUT2D eigenvalue weighted by molar-refractivity contribution is -0.139. The van der Waals surface area contributed by atoms with Crippen LogP contribution in [0.3, 0.4) is 0 Å². The van der Waals surface area contributed by atoms with Crippen molar-refractivity contribution in [3.8, 4) is 0 Å². The largest absolute Gasteiger partial charge is 0.480 e. The molecule has 0 aliphatic carbocycles. The molecule has 1 unspecified atom stereocenters. The summed E-state index contributed by atoms with van der Waals surface area (Å²) in [4.78, 5) is 10.7. The van der Waals surface area contributed by atoms with Crippen molar-refractivity contribution in [3.05, 3.63) is 0 Å². The van der Waals surface area contributed by atoms with Gasteiger partial charge in [-0.2, -0.15) is 0 Å². The number of hydrogen-bond acceptors (Lipinski definition) is 3. The summed E-state index contributed by atoms with van der Waals surface area (Å²) in [6, 6.07) is -0.222. The van der Waals surface area contributed by atoms with Crippen LogP contribution in [0.1, 0.15) is 26.2 Å². The summed E-state index contributed by atoms with van der Waals surface area (Å²) < 4.78 is 11.1.